The number of benzene rings is 1. The van der Waals surface area contributed by atoms with Gasteiger partial charge in [0.25, 0.3) is 0 Å². The molecule has 124 valence electrons. The molecule has 1 fully saturated rings. The van der Waals surface area contributed by atoms with Gasteiger partial charge in [0.15, 0.2) is 0 Å². The molecule has 22 heavy (non-hydrogen) atoms. The maximum atomic E-state index is 12.1. The van der Waals surface area contributed by atoms with Crippen LogP contribution in [0.25, 0.3) is 0 Å². The Bertz CT molecular complexity index is 584. The lowest BCUT2D eigenvalue weighted by atomic mass is 9.99. The van der Waals surface area contributed by atoms with Crippen molar-refractivity contribution >= 4 is 34.0 Å². The summed E-state index contributed by atoms with van der Waals surface area (Å²) in [5.74, 6) is 0.0505. The molecule has 1 saturated heterocycles. The molecule has 2 rings (SSSR count). The number of carbonyl (C=O) groups is 1. The standard InChI is InChI=1S/C14H21N3O3S.ClH/c1-21(19,20)16-9-11-4-6-13(7-5-11)17-14(18)12-3-2-8-15-10-12;/h4-7,12,15-16H,2-3,8-10H2,1H3,(H,17,18);1H. The van der Waals surface area contributed by atoms with Crippen molar-refractivity contribution in [2.24, 2.45) is 5.92 Å². The second-order valence-electron chi connectivity index (χ2n) is 5.32. The highest BCUT2D eigenvalue weighted by Gasteiger charge is 2.20. The number of hydrogen-bond donors (Lipinski definition) is 3. The number of carbonyl (C=O) groups excluding carboxylic acids is 1. The summed E-state index contributed by atoms with van der Waals surface area (Å²) in [6.45, 7) is 1.95. The summed E-state index contributed by atoms with van der Waals surface area (Å²) < 4.78 is 24.5. The van der Waals surface area contributed by atoms with E-state index in [1.165, 1.54) is 0 Å². The predicted octanol–water partition coefficient (Wildman–Crippen LogP) is 1.10. The third-order valence-corrected chi connectivity index (χ3v) is 4.10. The zero-order chi connectivity index (χ0) is 15.3. The van der Waals surface area contributed by atoms with Gasteiger partial charge in [0.1, 0.15) is 0 Å². The highest BCUT2D eigenvalue weighted by molar-refractivity contribution is 7.88. The van der Waals surface area contributed by atoms with Crippen LogP contribution >= 0.6 is 12.4 Å². The van der Waals surface area contributed by atoms with Gasteiger partial charge in [0.2, 0.25) is 15.9 Å². The lowest BCUT2D eigenvalue weighted by molar-refractivity contribution is -0.120. The average molecular weight is 348 g/mol. The summed E-state index contributed by atoms with van der Waals surface area (Å²) in [5, 5.41) is 6.11. The minimum Gasteiger partial charge on any atom is -0.326 e. The van der Waals surface area contributed by atoms with Gasteiger partial charge >= 0.3 is 0 Å². The van der Waals surface area contributed by atoms with Crippen LogP contribution in [0.4, 0.5) is 5.69 Å². The van der Waals surface area contributed by atoms with Gasteiger partial charge in [-0.05, 0) is 37.1 Å². The van der Waals surface area contributed by atoms with Gasteiger partial charge in [0.05, 0.1) is 12.2 Å². The van der Waals surface area contributed by atoms with E-state index in [0.29, 0.717) is 0 Å². The normalized spacial score (nSPS) is 18.3. The minimum atomic E-state index is -3.19. The summed E-state index contributed by atoms with van der Waals surface area (Å²) in [5.41, 5.74) is 1.58. The van der Waals surface area contributed by atoms with Gasteiger partial charge in [-0.25, -0.2) is 13.1 Å². The second-order valence-corrected chi connectivity index (χ2v) is 7.16. The first kappa shape index (κ1) is 18.9. The smallest absolute Gasteiger partial charge is 0.228 e. The Morgan fingerprint density at radius 3 is 2.55 bits per heavy atom. The van der Waals surface area contributed by atoms with Crippen LogP contribution in [-0.4, -0.2) is 33.7 Å². The zero-order valence-corrected chi connectivity index (χ0v) is 14.1. The summed E-state index contributed by atoms with van der Waals surface area (Å²) in [6.07, 6.45) is 3.06. The van der Waals surface area contributed by atoms with E-state index >= 15 is 0 Å². The fourth-order valence-electron chi connectivity index (χ4n) is 2.24. The molecular formula is C14H22ClN3O3S. The molecule has 1 amide bonds. The molecule has 1 aromatic rings. The maximum Gasteiger partial charge on any atom is 0.228 e. The van der Waals surface area contributed by atoms with E-state index in [-0.39, 0.29) is 30.8 Å². The lowest BCUT2D eigenvalue weighted by Crippen LogP contribution is -2.37. The molecule has 1 heterocycles. The zero-order valence-electron chi connectivity index (χ0n) is 12.5. The molecule has 0 aromatic heterocycles. The van der Waals surface area contributed by atoms with Crippen molar-refractivity contribution < 1.29 is 13.2 Å². The van der Waals surface area contributed by atoms with Crippen molar-refractivity contribution in [1.29, 1.82) is 0 Å². The molecule has 0 spiro atoms. The fraction of sp³-hybridized carbons (Fsp3) is 0.500. The van der Waals surface area contributed by atoms with Crippen LogP contribution in [-0.2, 0) is 21.4 Å². The summed E-state index contributed by atoms with van der Waals surface area (Å²) in [7, 11) is -3.19. The van der Waals surface area contributed by atoms with E-state index in [1.807, 2.05) is 0 Å². The number of anilines is 1. The maximum absolute atomic E-state index is 12.1. The molecular weight excluding hydrogens is 326 g/mol. The van der Waals surface area contributed by atoms with Crippen LogP contribution in [0, 0.1) is 5.92 Å². The molecule has 8 heteroatoms. The highest BCUT2D eigenvalue weighted by Crippen LogP contribution is 2.15. The predicted molar refractivity (Wildman–Crippen MR) is 89.6 cm³/mol. The molecule has 0 saturated carbocycles. The van der Waals surface area contributed by atoms with E-state index in [1.54, 1.807) is 24.3 Å². The Hall–Kier alpha value is -1.15. The van der Waals surface area contributed by atoms with Gasteiger partial charge in [-0.3, -0.25) is 4.79 Å². The molecule has 1 aliphatic heterocycles. The number of hydrogen-bond acceptors (Lipinski definition) is 4. The monoisotopic (exact) mass is 347 g/mol. The van der Waals surface area contributed by atoms with Crippen LogP contribution in [0.15, 0.2) is 24.3 Å². The molecule has 0 radical (unpaired) electrons. The Kier molecular flexibility index (Phi) is 7.28. The van der Waals surface area contributed by atoms with Crippen molar-refractivity contribution in [2.45, 2.75) is 19.4 Å². The first-order valence-electron chi connectivity index (χ1n) is 6.99. The van der Waals surface area contributed by atoms with E-state index in [9.17, 15) is 13.2 Å². The topological polar surface area (TPSA) is 87.3 Å². The van der Waals surface area contributed by atoms with Crippen LogP contribution in [0.3, 0.4) is 0 Å². The van der Waals surface area contributed by atoms with E-state index in [2.05, 4.69) is 15.4 Å². The third kappa shape index (κ3) is 6.31. The summed E-state index contributed by atoms with van der Waals surface area (Å²) >= 11 is 0. The molecule has 3 N–H and O–H groups in total. The minimum absolute atomic E-state index is 0. The Balaban J connectivity index is 0.00000242. The SMILES string of the molecule is CS(=O)(=O)NCc1ccc(NC(=O)C2CCCNC2)cc1.Cl. The van der Waals surface area contributed by atoms with Gasteiger partial charge in [-0.2, -0.15) is 0 Å². The Labute approximate surface area is 137 Å². The largest absolute Gasteiger partial charge is 0.326 e. The fourth-order valence-corrected chi connectivity index (χ4v) is 2.67. The lowest BCUT2D eigenvalue weighted by Gasteiger charge is -2.21. The molecule has 6 nitrogen and oxygen atoms in total. The van der Waals surface area contributed by atoms with E-state index < -0.39 is 10.0 Å². The van der Waals surface area contributed by atoms with Crippen molar-refractivity contribution in [2.75, 3.05) is 24.7 Å². The average Bonchev–Trinajstić information content (AvgIpc) is 2.46. The van der Waals surface area contributed by atoms with Gasteiger partial charge in [-0.15, -0.1) is 12.4 Å². The molecule has 0 bridgehead atoms. The van der Waals surface area contributed by atoms with Crippen molar-refractivity contribution in [3.63, 3.8) is 0 Å². The van der Waals surface area contributed by atoms with Crippen LogP contribution in [0.2, 0.25) is 0 Å². The number of amides is 1. The number of sulfonamides is 1. The van der Waals surface area contributed by atoms with Crippen LogP contribution in [0.5, 0.6) is 0 Å². The molecule has 1 atom stereocenters. The van der Waals surface area contributed by atoms with Gasteiger partial charge < -0.3 is 10.6 Å². The number of rotatable bonds is 5. The van der Waals surface area contributed by atoms with E-state index in [0.717, 1.165) is 43.4 Å². The quantitative estimate of drug-likeness (QED) is 0.744. The van der Waals surface area contributed by atoms with E-state index in [4.69, 9.17) is 0 Å². The number of halogens is 1. The Morgan fingerprint density at radius 2 is 2.00 bits per heavy atom. The molecule has 1 aromatic carbocycles. The van der Waals surface area contributed by atoms with Gasteiger partial charge in [0, 0.05) is 18.8 Å². The van der Waals surface area contributed by atoms with Crippen LogP contribution < -0.4 is 15.4 Å². The molecule has 1 aliphatic rings. The summed E-state index contributed by atoms with van der Waals surface area (Å²) in [4.78, 5) is 12.1. The molecule has 1 unspecified atom stereocenters. The van der Waals surface area contributed by atoms with Gasteiger partial charge in [-0.1, -0.05) is 12.1 Å². The van der Waals surface area contributed by atoms with Crippen LogP contribution in [0.1, 0.15) is 18.4 Å². The number of piperidine rings is 1. The first-order chi connectivity index (χ1) is 9.94. The molecule has 0 aliphatic carbocycles. The third-order valence-electron chi connectivity index (χ3n) is 3.43. The van der Waals surface area contributed by atoms with Crippen molar-refractivity contribution in [3.8, 4) is 0 Å². The Morgan fingerprint density at radius 1 is 1.32 bits per heavy atom. The van der Waals surface area contributed by atoms with Crippen molar-refractivity contribution in [3.05, 3.63) is 29.8 Å². The second kappa shape index (κ2) is 8.47. The van der Waals surface area contributed by atoms with Crippen molar-refractivity contribution in [1.82, 2.24) is 10.0 Å². The highest BCUT2D eigenvalue weighted by atomic mass is 35.5. The summed E-state index contributed by atoms with van der Waals surface area (Å²) in [6, 6.07) is 7.17. The number of nitrogens with one attached hydrogen (secondary N) is 3. The first-order valence-corrected chi connectivity index (χ1v) is 8.88.